The molecule has 172 valence electrons. The Kier molecular flexibility index (Phi) is 6.34. The molecule has 1 saturated carbocycles. The summed E-state index contributed by atoms with van der Waals surface area (Å²) in [7, 11) is 0. The van der Waals surface area contributed by atoms with Crippen LogP contribution in [0.3, 0.4) is 0 Å². The molecule has 1 aliphatic carbocycles. The first-order valence-electron chi connectivity index (χ1n) is 11.4. The molecule has 3 aliphatic rings. The summed E-state index contributed by atoms with van der Waals surface area (Å²) in [6, 6.07) is 6.65. The van der Waals surface area contributed by atoms with Crippen LogP contribution >= 0.6 is 0 Å². The second-order valence-corrected chi connectivity index (χ2v) is 9.19. The number of rotatable bonds is 5. The Morgan fingerprint density at radius 1 is 1.16 bits per heavy atom. The number of nitrogens with one attached hydrogen (secondary N) is 3. The number of urea groups is 2. The lowest BCUT2D eigenvalue weighted by atomic mass is 9.77. The van der Waals surface area contributed by atoms with Crippen LogP contribution in [0.25, 0.3) is 0 Å². The topological polar surface area (TPSA) is 111 Å². The Balaban J connectivity index is 1.29. The normalized spacial score (nSPS) is 25.2. The highest BCUT2D eigenvalue weighted by Gasteiger charge is 2.52. The molecule has 3 fully saturated rings. The van der Waals surface area contributed by atoms with Gasteiger partial charge in [0, 0.05) is 25.3 Å². The largest absolute Gasteiger partial charge is 0.350 e. The van der Waals surface area contributed by atoms with Crippen LogP contribution < -0.4 is 16.0 Å². The van der Waals surface area contributed by atoms with Crippen LogP contribution in [-0.2, 0) is 16.1 Å². The van der Waals surface area contributed by atoms with Gasteiger partial charge < -0.3 is 20.9 Å². The van der Waals surface area contributed by atoms with Gasteiger partial charge in [0.25, 0.3) is 5.91 Å². The van der Waals surface area contributed by atoms with Crippen LogP contribution in [0.15, 0.2) is 24.3 Å². The summed E-state index contributed by atoms with van der Waals surface area (Å²) in [5.41, 5.74) is 0.634. The summed E-state index contributed by atoms with van der Waals surface area (Å²) in [5.74, 6) is -0.157. The molecule has 6 amide bonds. The zero-order chi connectivity index (χ0) is 22.7. The fraction of sp³-hybridized carbons (Fsp3) is 0.565. The number of carbonyl (C=O) groups is 4. The van der Waals surface area contributed by atoms with E-state index in [0.29, 0.717) is 24.4 Å². The van der Waals surface area contributed by atoms with Crippen LogP contribution in [0, 0.1) is 5.92 Å². The average molecular weight is 442 g/mol. The van der Waals surface area contributed by atoms with E-state index in [9.17, 15) is 19.2 Å². The number of anilines is 1. The molecule has 3 N–H and O–H groups in total. The van der Waals surface area contributed by atoms with Gasteiger partial charge >= 0.3 is 12.1 Å². The first-order valence-corrected chi connectivity index (χ1v) is 11.4. The van der Waals surface area contributed by atoms with E-state index in [1.54, 1.807) is 17.0 Å². The molecule has 32 heavy (non-hydrogen) atoms. The number of nitrogens with zero attached hydrogens (tertiary/aromatic N) is 2. The third kappa shape index (κ3) is 4.71. The van der Waals surface area contributed by atoms with Crippen molar-refractivity contribution >= 4 is 29.6 Å². The van der Waals surface area contributed by atoms with Gasteiger partial charge in [-0.05, 0) is 62.1 Å². The van der Waals surface area contributed by atoms with Gasteiger partial charge in [0.2, 0.25) is 5.91 Å². The van der Waals surface area contributed by atoms with Gasteiger partial charge in [0.05, 0.1) is 0 Å². The van der Waals surface area contributed by atoms with Crippen LogP contribution in [0.2, 0.25) is 0 Å². The fourth-order valence-corrected chi connectivity index (χ4v) is 4.70. The lowest BCUT2D eigenvalue weighted by Crippen LogP contribution is -2.49. The third-order valence-corrected chi connectivity index (χ3v) is 6.74. The van der Waals surface area contributed by atoms with Crippen molar-refractivity contribution in [3.63, 3.8) is 0 Å². The van der Waals surface area contributed by atoms with Crippen molar-refractivity contribution in [2.45, 2.75) is 57.5 Å². The van der Waals surface area contributed by atoms with Crippen molar-refractivity contribution < 1.29 is 19.2 Å². The Labute approximate surface area is 187 Å². The first kappa shape index (κ1) is 22.1. The van der Waals surface area contributed by atoms with Crippen LogP contribution in [-0.4, -0.2) is 58.8 Å². The second kappa shape index (κ2) is 9.18. The highest BCUT2D eigenvalue weighted by molar-refractivity contribution is 6.09. The maximum absolute atomic E-state index is 12.9. The molecule has 9 nitrogen and oxygen atoms in total. The van der Waals surface area contributed by atoms with E-state index in [4.69, 9.17) is 0 Å². The minimum atomic E-state index is -0.842. The molecule has 2 saturated heterocycles. The number of amides is 6. The minimum absolute atomic E-state index is 0.117. The highest BCUT2D eigenvalue weighted by Crippen LogP contribution is 2.36. The molecule has 0 atom stereocenters. The fourth-order valence-electron chi connectivity index (χ4n) is 4.70. The third-order valence-electron chi connectivity index (χ3n) is 6.74. The number of likely N-dealkylation sites (tertiary alicyclic amines) is 1. The molecule has 0 aromatic heterocycles. The van der Waals surface area contributed by atoms with E-state index in [-0.39, 0.29) is 25.0 Å². The van der Waals surface area contributed by atoms with Crippen LogP contribution in [0.5, 0.6) is 0 Å². The molecule has 0 radical (unpaired) electrons. The first-order chi connectivity index (χ1) is 15.4. The van der Waals surface area contributed by atoms with Gasteiger partial charge in [-0.3, -0.25) is 14.5 Å². The minimum Gasteiger partial charge on any atom is -0.350 e. The lowest BCUT2D eigenvalue weighted by molar-refractivity contribution is -0.136. The Morgan fingerprint density at radius 2 is 1.88 bits per heavy atom. The number of hydrogen-bond acceptors (Lipinski definition) is 4. The summed E-state index contributed by atoms with van der Waals surface area (Å²) < 4.78 is 0. The maximum atomic E-state index is 12.9. The number of imide groups is 1. The Bertz CT molecular complexity index is 903. The van der Waals surface area contributed by atoms with Crippen molar-refractivity contribution in [2.75, 3.05) is 25.0 Å². The molecule has 0 unspecified atom stereocenters. The van der Waals surface area contributed by atoms with Gasteiger partial charge in [-0.2, -0.15) is 0 Å². The molecule has 1 spiro atoms. The average Bonchev–Trinajstić information content (AvgIpc) is 3.39. The van der Waals surface area contributed by atoms with E-state index in [0.717, 1.165) is 49.2 Å². The van der Waals surface area contributed by atoms with Gasteiger partial charge in [-0.15, -0.1) is 0 Å². The quantitative estimate of drug-likeness (QED) is 0.610. The lowest BCUT2D eigenvalue weighted by Gasteiger charge is -2.33. The number of hydrogen-bond donors (Lipinski definition) is 3. The Hall–Kier alpha value is -3.10. The van der Waals surface area contributed by atoms with Gasteiger partial charge in [0.1, 0.15) is 12.1 Å². The van der Waals surface area contributed by atoms with E-state index in [1.807, 2.05) is 12.1 Å². The number of benzene rings is 1. The van der Waals surface area contributed by atoms with E-state index in [2.05, 4.69) is 22.9 Å². The smallest absolute Gasteiger partial charge is 0.325 e. The van der Waals surface area contributed by atoms with E-state index in [1.165, 1.54) is 0 Å². The van der Waals surface area contributed by atoms with E-state index < -0.39 is 17.5 Å². The molecule has 2 aliphatic heterocycles. The highest BCUT2D eigenvalue weighted by atomic mass is 16.2. The maximum Gasteiger partial charge on any atom is 0.325 e. The predicted molar refractivity (Wildman–Crippen MR) is 119 cm³/mol. The van der Waals surface area contributed by atoms with Crippen molar-refractivity contribution in [3.05, 3.63) is 29.8 Å². The number of carbonyl (C=O) groups excluding carboxylic acids is 4. The molecule has 0 bridgehead atoms. The van der Waals surface area contributed by atoms with Crippen molar-refractivity contribution in [1.29, 1.82) is 0 Å². The Morgan fingerprint density at radius 3 is 2.59 bits per heavy atom. The van der Waals surface area contributed by atoms with E-state index >= 15 is 0 Å². The zero-order valence-electron chi connectivity index (χ0n) is 18.5. The van der Waals surface area contributed by atoms with Crippen molar-refractivity contribution in [1.82, 2.24) is 20.4 Å². The summed E-state index contributed by atoms with van der Waals surface area (Å²) in [6.07, 6.45) is 5.06. The summed E-state index contributed by atoms with van der Waals surface area (Å²) in [4.78, 5) is 52.8. The summed E-state index contributed by atoms with van der Waals surface area (Å²) in [6.45, 7) is 3.62. The molecule has 1 aromatic rings. The zero-order valence-corrected chi connectivity index (χ0v) is 18.5. The second-order valence-electron chi connectivity index (χ2n) is 9.19. The van der Waals surface area contributed by atoms with Crippen molar-refractivity contribution in [3.8, 4) is 0 Å². The summed E-state index contributed by atoms with van der Waals surface area (Å²) in [5, 5.41) is 8.48. The standard InChI is InChI=1S/C23H31N5O4/c1-16-7-9-23(10-8-16)20(30)28(22(32)26-23)15-19(29)24-14-17-5-4-6-18(13-17)25-21(31)27-11-2-3-12-27/h4-6,13,16H,2-3,7-12,14-15H2,1H3,(H,24,29)(H,25,31)(H,26,32). The monoisotopic (exact) mass is 441 g/mol. The van der Waals surface area contributed by atoms with Gasteiger partial charge in [-0.25, -0.2) is 9.59 Å². The van der Waals surface area contributed by atoms with Crippen LogP contribution in [0.4, 0.5) is 15.3 Å². The SMILES string of the molecule is CC1CCC2(CC1)NC(=O)N(CC(=O)NCc1cccc(NC(=O)N3CCCC3)c1)C2=O. The van der Waals surface area contributed by atoms with Gasteiger partial charge in [-0.1, -0.05) is 19.1 Å². The van der Waals surface area contributed by atoms with Crippen LogP contribution in [0.1, 0.15) is 51.0 Å². The molecule has 4 rings (SSSR count). The molecule has 2 heterocycles. The predicted octanol–water partition coefficient (Wildman–Crippen LogP) is 2.43. The molecule has 1 aromatic carbocycles. The van der Waals surface area contributed by atoms with Gasteiger partial charge in [0.15, 0.2) is 0 Å². The molecule has 9 heteroatoms. The molecular weight excluding hydrogens is 410 g/mol. The van der Waals surface area contributed by atoms with Crippen molar-refractivity contribution in [2.24, 2.45) is 5.92 Å². The molecular formula is C23H31N5O4. The summed E-state index contributed by atoms with van der Waals surface area (Å²) >= 11 is 0.